The Bertz CT molecular complexity index is 1020. The first-order chi connectivity index (χ1) is 16.6. The van der Waals surface area contributed by atoms with E-state index in [1.54, 1.807) is 29.4 Å². The van der Waals surface area contributed by atoms with E-state index in [-0.39, 0.29) is 11.3 Å². The highest BCUT2D eigenvalue weighted by Crippen LogP contribution is 2.39. The van der Waals surface area contributed by atoms with E-state index in [9.17, 15) is 14.7 Å². The lowest BCUT2D eigenvalue weighted by Gasteiger charge is -2.31. The van der Waals surface area contributed by atoms with Crippen LogP contribution >= 0.6 is 0 Å². The summed E-state index contributed by atoms with van der Waals surface area (Å²) in [6, 6.07) is 9.98. The number of Topliss-reactive ketones (excluding diaryl/α,β-unsaturated/α-hetero) is 1. The highest BCUT2D eigenvalue weighted by Gasteiger charge is 2.46. The highest BCUT2D eigenvalue weighted by molar-refractivity contribution is 6.46. The maximum absolute atomic E-state index is 13.1. The number of aliphatic hydroxyl groups excluding tert-OH is 1. The second kappa shape index (κ2) is 11.3. The van der Waals surface area contributed by atoms with Crippen molar-refractivity contribution in [1.82, 2.24) is 14.8 Å². The zero-order valence-corrected chi connectivity index (χ0v) is 19.5. The number of amides is 1. The maximum atomic E-state index is 13.1. The molecule has 4 rings (SSSR count). The van der Waals surface area contributed by atoms with Crippen molar-refractivity contribution in [3.8, 4) is 5.75 Å². The minimum Gasteiger partial charge on any atom is -0.507 e. The molecule has 0 bridgehead atoms. The van der Waals surface area contributed by atoms with Gasteiger partial charge in [-0.15, -0.1) is 0 Å². The van der Waals surface area contributed by atoms with Crippen molar-refractivity contribution in [2.75, 3.05) is 46.0 Å². The van der Waals surface area contributed by atoms with E-state index in [2.05, 4.69) is 16.8 Å². The molecule has 8 nitrogen and oxygen atoms in total. The zero-order valence-electron chi connectivity index (χ0n) is 19.5. The van der Waals surface area contributed by atoms with E-state index in [0.717, 1.165) is 37.2 Å². The minimum atomic E-state index is -0.682. The van der Waals surface area contributed by atoms with Gasteiger partial charge in [-0.2, -0.15) is 0 Å². The third kappa shape index (κ3) is 5.29. The van der Waals surface area contributed by atoms with Crippen LogP contribution in [0.1, 0.15) is 36.9 Å². The van der Waals surface area contributed by atoms with E-state index >= 15 is 0 Å². The Hall–Kier alpha value is -3.23. The van der Waals surface area contributed by atoms with Crippen LogP contribution in [0.15, 0.2) is 54.4 Å². The number of aromatic nitrogens is 1. The Morgan fingerprint density at radius 2 is 1.79 bits per heavy atom. The number of ketones is 1. The van der Waals surface area contributed by atoms with Crippen LogP contribution in [-0.4, -0.2) is 77.6 Å². The normalized spacial score (nSPS) is 20.6. The lowest BCUT2D eigenvalue weighted by Crippen LogP contribution is -2.42. The molecule has 1 atom stereocenters. The quantitative estimate of drug-likeness (QED) is 0.263. The molecule has 2 saturated heterocycles. The van der Waals surface area contributed by atoms with E-state index in [0.29, 0.717) is 38.5 Å². The summed E-state index contributed by atoms with van der Waals surface area (Å²) in [6.45, 7) is 6.63. The fourth-order valence-corrected chi connectivity index (χ4v) is 4.28. The molecule has 2 aliphatic heterocycles. The predicted octanol–water partition coefficient (Wildman–Crippen LogP) is 3.01. The van der Waals surface area contributed by atoms with Gasteiger partial charge >= 0.3 is 0 Å². The molecule has 1 amide bonds. The number of aliphatic hydroxyl groups is 1. The Balaban J connectivity index is 1.66. The largest absolute Gasteiger partial charge is 0.507 e. The molecular weight excluding hydrogens is 434 g/mol. The number of ether oxygens (including phenoxy) is 2. The summed E-state index contributed by atoms with van der Waals surface area (Å²) < 4.78 is 11.2. The Kier molecular flexibility index (Phi) is 7.92. The molecule has 0 spiro atoms. The van der Waals surface area contributed by atoms with Gasteiger partial charge in [-0.1, -0.05) is 25.5 Å². The average Bonchev–Trinajstić information content (AvgIpc) is 3.13. The number of carbonyl (C=O) groups is 2. The van der Waals surface area contributed by atoms with Gasteiger partial charge in [0.1, 0.15) is 11.5 Å². The molecular formula is C26H31N3O5. The van der Waals surface area contributed by atoms with Gasteiger partial charge in [0.2, 0.25) is 0 Å². The molecule has 2 aromatic rings. The number of morpholine rings is 1. The van der Waals surface area contributed by atoms with Crippen molar-refractivity contribution in [1.29, 1.82) is 0 Å². The van der Waals surface area contributed by atoms with Crippen LogP contribution < -0.4 is 4.74 Å². The van der Waals surface area contributed by atoms with Gasteiger partial charge in [0.25, 0.3) is 11.7 Å². The first-order valence-corrected chi connectivity index (χ1v) is 11.8. The standard InChI is InChI=1S/C26H31N3O5/c1-2-3-16-34-21-6-4-19(5-7-21)23-22(24(30)20-8-10-27-11-9-20)25(31)26(32)29(23)13-12-28-14-17-33-18-15-28/h4-11,23,30H,2-3,12-18H2,1H3. The third-order valence-electron chi connectivity index (χ3n) is 6.22. The zero-order chi connectivity index (χ0) is 23.9. The predicted molar refractivity (Wildman–Crippen MR) is 127 cm³/mol. The van der Waals surface area contributed by atoms with Crippen LogP contribution in [-0.2, 0) is 14.3 Å². The van der Waals surface area contributed by atoms with Gasteiger partial charge in [-0.3, -0.25) is 19.5 Å². The number of rotatable bonds is 9. The van der Waals surface area contributed by atoms with Crippen molar-refractivity contribution in [3.05, 3.63) is 65.5 Å². The van der Waals surface area contributed by atoms with Gasteiger partial charge in [-0.25, -0.2) is 0 Å². The summed E-state index contributed by atoms with van der Waals surface area (Å²) in [6.07, 6.45) is 5.10. The van der Waals surface area contributed by atoms with E-state index in [1.807, 2.05) is 24.3 Å². The number of hydrogen-bond acceptors (Lipinski definition) is 7. The maximum Gasteiger partial charge on any atom is 0.295 e. The molecule has 0 saturated carbocycles. The molecule has 2 aliphatic rings. The summed E-state index contributed by atoms with van der Waals surface area (Å²) in [4.78, 5) is 34.0. The Labute approximate surface area is 199 Å². The molecule has 8 heteroatoms. The molecule has 3 heterocycles. The van der Waals surface area contributed by atoms with Crippen molar-refractivity contribution in [2.24, 2.45) is 0 Å². The van der Waals surface area contributed by atoms with Crippen LogP contribution in [0.2, 0.25) is 0 Å². The third-order valence-corrected chi connectivity index (χ3v) is 6.22. The molecule has 1 unspecified atom stereocenters. The number of unbranched alkanes of at least 4 members (excludes halogenated alkanes) is 1. The number of nitrogens with zero attached hydrogens (tertiary/aromatic N) is 3. The minimum absolute atomic E-state index is 0.0952. The number of benzene rings is 1. The average molecular weight is 466 g/mol. The fraction of sp³-hybridized carbons (Fsp3) is 0.423. The Morgan fingerprint density at radius 3 is 2.47 bits per heavy atom. The summed E-state index contributed by atoms with van der Waals surface area (Å²) >= 11 is 0. The molecule has 2 fully saturated rings. The summed E-state index contributed by atoms with van der Waals surface area (Å²) in [7, 11) is 0. The highest BCUT2D eigenvalue weighted by atomic mass is 16.5. The van der Waals surface area contributed by atoms with Gasteiger partial charge in [0.05, 0.1) is 31.4 Å². The first-order valence-electron chi connectivity index (χ1n) is 11.8. The molecule has 0 radical (unpaired) electrons. The van der Waals surface area contributed by atoms with Gasteiger partial charge in [-0.05, 0) is 36.2 Å². The SMILES string of the molecule is CCCCOc1ccc(C2C(=C(O)c3ccncc3)C(=O)C(=O)N2CCN2CCOCC2)cc1. The van der Waals surface area contributed by atoms with E-state index < -0.39 is 17.7 Å². The molecule has 180 valence electrons. The van der Waals surface area contributed by atoms with Gasteiger partial charge in [0.15, 0.2) is 0 Å². The van der Waals surface area contributed by atoms with E-state index in [4.69, 9.17) is 9.47 Å². The molecule has 34 heavy (non-hydrogen) atoms. The first kappa shape index (κ1) is 23.9. The molecule has 1 N–H and O–H groups in total. The van der Waals surface area contributed by atoms with Gasteiger partial charge < -0.3 is 19.5 Å². The monoisotopic (exact) mass is 465 g/mol. The van der Waals surface area contributed by atoms with Crippen LogP contribution in [0.4, 0.5) is 0 Å². The van der Waals surface area contributed by atoms with Crippen LogP contribution in [0, 0.1) is 0 Å². The van der Waals surface area contributed by atoms with Crippen LogP contribution in [0.25, 0.3) is 5.76 Å². The van der Waals surface area contributed by atoms with Gasteiger partial charge in [0, 0.05) is 44.1 Å². The lowest BCUT2D eigenvalue weighted by atomic mass is 9.95. The van der Waals surface area contributed by atoms with Crippen molar-refractivity contribution in [3.63, 3.8) is 0 Å². The summed E-state index contributed by atoms with van der Waals surface area (Å²) in [5, 5.41) is 11.1. The van der Waals surface area contributed by atoms with Crippen LogP contribution in [0.5, 0.6) is 5.75 Å². The number of carbonyl (C=O) groups excluding carboxylic acids is 2. The number of likely N-dealkylation sites (tertiary alicyclic amines) is 1. The van der Waals surface area contributed by atoms with Crippen molar-refractivity contribution >= 4 is 17.4 Å². The number of hydrogen-bond donors (Lipinski definition) is 1. The van der Waals surface area contributed by atoms with E-state index in [1.165, 1.54) is 0 Å². The van der Waals surface area contributed by atoms with Crippen molar-refractivity contribution in [2.45, 2.75) is 25.8 Å². The number of pyridine rings is 1. The van der Waals surface area contributed by atoms with Crippen LogP contribution in [0.3, 0.4) is 0 Å². The second-order valence-electron chi connectivity index (χ2n) is 8.45. The summed E-state index contributed by atoms with van der Waals surface area (Å²) in [5.41, 5.74) is 1.29. The second-order valence-corrected chi connectivity index (χ2v) is 8.45. The molecule has 1 aromatic heterocycles. The summed E-state index contributed by atoms with van der Waals surface area (Å²) in [5.74, 6) is -0.735. The fourth-order valence-electron chi connectivity index (χ4n) is 4.28. The smallest absolute Gasteiger partial charge is 0.295 e. The molecule has 0 aliphatic carbocycles. The molecule has 1 aromatic carbocycles. The lowest BCUT2D eigenvalue weighted by molar-refractivity contribution is -0.140. The topological polar surface area (TPSA) is 92.2 Å². The van der Waals surface area contributed by atoms with Crippen molar-refractivity contribution < 1.29 is 24.2 Å². The Morgan fingerprint density at radius 1 is 1.09 bits per heavy atom.